The summed E-state index contributed by atoms with van der Waals surface area (Å²) in [6.07, 6.45) is 2.22. The van der Waals surface area contributed by atoms with Gasteiger partial charge in [-0.1, -0.05) is 47.5 Å². The Kier molecular flexibility index (Phi) is 9.12. The fourth-order valence-electron chi connectivity index (χ4n) is 1.22. The monoisotopic (exact) mass is 176 g/mol. The molecule has 0 aromatic heterocycles. The second-order valence-electron chi connectivity index (χ2n) is 3.50. The predicted octanol–water partition coefficient (Wildman–Crippen LogP) is 4.59. The summed E-state index contributed by atoms with van der Waals surface area (Å²) in [4.78, 5) is 0. The lowest BCUT2D eigenvalue weighted by Crippen LogP contribution is -2.18. The molecule has 76 valence electrons. The SMILES string of the molecule is CC.CCC(C)(CC)CC(C)F. The molecule has 0 aliphatic heterocycles. The van der Waals surface area contributed by atoms with E-state index in [0.29, 0.717) is 6.42 Å². The largest absolute Gasteiger partial charge is 0.248 e. The average molecular weight is 176 g/mol. The molecule has 1 atom stereocenters. The molecule has 0 amide bonds. The fourth-order valence-corrected chi connectivity index (χ4v) is 1.22. The lowest BCUT2D eigenvalue weighted by molar-refractivity contribution is 0.190. The summed E-state index contributed by atoms with van der Waals surface area (Å²) in [5, 5.41) is 0. The quantitative estimate of drug-likeness (QED) is 0.588. The average Bonchev–Trinajstić information content (AvgIpc) is 2.07. The Hall–Kier alpha value is -0.0700. The molecule has 1 heteroatoms. The third-order valence-corrected chi connectivity index (χ3v) is 2.48. The van der Waals surface area contributed by atoms with Gasteiger partial charge >= 0.3 is 0 Å². The molecular weight excluding hydrogens is 151 g/mol. The first-order valence-corrected chi connectivity index (χ1v) is 5.18. The van der Waals surface area contributed by atoms with E-state index in [1.165, 1.54) is 0 Å². The minimum absolute atomic E-state index is 0.230. The number of hydrogen-bond acceptors (Lipinski definition) is 0. The van der Waals surface area contributed by atoms with E-state index in [9.17, 15) is 4.39 Å². The van der Waals surface area contributed by atoms with Crippen molar-refractivity contribution in [3.63, 3.8) is 0 Å². The van der Waals surface area contributed by atoms with Crippen LogP contribution in [0.3, 0.4) is 0 Å². The first-order chi connectivity index (χ1) is 5.54. The van der Waals surface area contributed by atoms with Crippen molar-refractivity contribution in [2.24, 2.45) is 5.41 Å². The molecule has 0 rings (SSSR count). The number of hydrogen-bond donors (Lipinski definition) is 0. The van der Waals surface area contributed by atoms with Crippen LogP contribution in [0.15, 0.2) is 0 Å². The van der Waals surface area contributed by atoms with Gasteiger partial charge in [0.1, 0.15) is 0 Å². The molecule has 0 fully saturated rings. The van der Waals surface area contributed by atoms with Crippen LogP contribution < -0.4 is 0 Å². The Morgan fingerprint density at radius 2 is 1.50 bits per heavy atom. The van der Waals surface area contributed by atoms with Crippen LogP contribution in [0.2, 0.25) is 0 Å². The standard InChI is InChI=1S/C9H19F.C2H6/c1-5-9(4,6-2)7-8(3)10;1-2/h8H,5-7H2,1-4H3;1-2H3. The van der Waals surface area contributed by atoms with Crippen LogP contribution in [-0.2, 0) is 0 Å². The molecule has 0 saturated carbocycles. The second-order valence-corrected chi connectivity index (χ2v) is 3.50. The Balaban J connectivity index is 0. The molecule has 0 spiro atoms. The van der Waals surface area contributed by atoms with Crippen molar-refractivity contribution in [2.45, 2.75) is 67.0 Å². The summed E-state index contributed by atoms with van der Waals surface area (Å²) in [5.41, 5.74) is 0.230. The van der Waals surface area contributed by atoms with Crippen molar-refractivity contribution in [3.05, 3.63) is 0 Å². The van der Waals surface area contributed by atoms with Crippen molar-refractivity contribution in [1.82, 2.24) is 0 Å². The summed E-state index contributed by atoms with van der Waals surface area (Å²) in [6.45, 7) is 12.1. The van der Waals surface area contributed by atoms with Crippen molar-refractivity contribution < 1.29 is 4.39 Å². The zero-order valence-electron chi connectivity index (χ0n) is 9.58. The van der Waals surface area contributed by atoms with E-state index in [0.717, 1.165) is 12.8 Å². The van der Waals surface area contributed by atoms with Gasteiger partial charge in [0, 0.05) is 0 Å². The number of alkyl halides is 1. The molecule has 1 unspecified atom stereocenters. The highest BCUT2D eigenvalue weighted by atomic mass is 19.1. The van der Waals surface area contributed by atoms with Crippen LogP contribution in [0.1, 0.15) is 60.8 Å². The third kappa shape index (κ3) is 6.63. The number of rotatable bonds is 4. The van der Waals surface area contributed by atoms with Crippen LogP contribution in [-0.4, -0.2) is 6.17 Å². The highest BCUT2D eigenvalue weighted by Gasteiger charge is 2.21. The molecule has 12 heavy (non-hydrogen) atoms. The summed E-state index contributed by atoms with van der Waals surface area (Å²) in [7, 11) is 0. The van der Waals surface area contributed by atoms with Crippen LogP contribution >= 0.6 is 0 Å². The van der Waals surface area contributed by atoms with Gasteiger partial charge in [0.25, 0.3) is 0 Å². The van der Waals surface area contributed by atoms with E-state index in [1.54, 1.807) is 6.92 Å². The molecule has 0 aliphatic rings. The van der Waals surface area contributed by atoms with Crippen LogP contribution in [0.5, 0.6) is 0 Å². The van der Waals surface area contributed by atoms with Crippen LogP contribution in [0.25, 0.3) is 0 Å². The first-order valence-electron chi connectivity index (χ1n) is 5.18. The Labute approximate surface area is 77.6 Å². The molecule has 0 saturated heterocycles. The molecule has 0 aromatic rings. The normalized spacial score (nSPS) is 13.2. The van der Waals surface area contributed by atoms with Gasteiger partial charge in [-0.25, -0.2) is 4.39 Å². The van der Waals surface area contributed by atoms with Gasteiger partial charge in [-0.05, 0) is 18.8 Å². The van der Waals surface area contributed by atoms with Crippen molar-refractivity contribution in [2.75, 3.05) is 0 Å². The maximum atomic E-state index is 12.6. The highest BCUT2D eigenvalue weighted by molar-refractivity contribution is 4.72. The van der Waals surface area contributed by atoms with E-state index in [4.69, 9.17) is 0 Å². The van der Waals surface area contributed by atoms with E-state index in [-0.39, 0.29) is 5.41 Å². The van der Waals surface area contributed by atoms with Gasteiger partial charge in [0.05, 0.1) is 6.17 Å². The number of halogens is 1. The maximum Gasteiger partial charge on any atom is 0.0978 e. The minimum Gasteiger partial charge on any atom is -0.248 e. The molecule has 0 heterocycles. The van der Waals surface area contributed by atoms with Gasteiger partial charge < -0.3 is 0 Å². The van der Waals surface area contributed by atoms with Gasteiger partial charge in [0.2, 0.25) is 0 Å². The van der Waals surface area contributed by atoms with Gasteiger partial charge in [-0.3, -0.25) is 0 Å². The van der Waals surface area contributed by atoms with Gasteiger partial charge in [-0.15, -0.1) is 0 Å². The van der Waals surface area contributed by atoms with E-state index >= 15 is 0 Å². The van der Waals surface area contributed by atoms with E-state index < -0.39 is 6.17 Å². The molecule has 0 bridgehead atoms. The second kappa shape index (κ2) is 7.57. The topological polar surface area (TPSA) is 0 Å². The summed E-state index contributed by atoms with van der Waals surface area (Å²) in [5.74, 6) is 0. The van der Waals surface area contributed by atoms with Crippen molar-refractivity contribution in [1.29, 1.82) is 0 Å². The van der Waals surface area contributed by atoms with Crippen molar-refractivity contribution >= 4 is 0 Å². The highest BCUT2D eigenvalue weighted by Crippen LogP contribution is 2.31. The molecule has 0 radical (unpaired) electrons. The predicted molar refractivity (Wildman–Crippen MR) is 55.2 cm³/mol. The molecule has 0 aliphatic carbocycles. The third-order valence-electron chi connectivity index (χ3n) is 2.48. The van der Waals surface area contributed by atoms with E-state index in [1.807, 2.05) is 13.8 Å². The zero-order chi connectivity index (χ0) is 10.2. The van der Waals surface area contributed by atoms with Crippen LogP contribution in [0.4, 0.5) is 4.39 Å². The van der Waals surface area contributed by atoms with Crippen molar-refractivity contribution in [3.8, 4) is 0 Å². The Bertz CT molecular complexity index is 83.0. The van der Waals surface area contributed by atoms with Crippen LogP contribution in [0, 0.1) is 5.41 Å². The maximum absolute atomic E-state index is 12.6. The Morgan fingerprint density at radius 3 is 1.58 bits per heavy atom. The lowest BCUT2D eigenvalue weighted by atomic mass is 9.80. The van der Waals surface area contributed by atoms with Gasteiger partial charge in [0.15, 0.2) is 0 Å². The van der Waals surface area contributed by atoms with E-state index in [2.05, 4.69) is 20.8 Å². The fraction of sp³-hybridized carbons (Fsp3) is 1.00. The molecule has 0 N–H and O–H groups in total. The molecule has 0 aromatic carbocycles. The Morgan fingerprint density at radius 1 is 1.17 bits per heavy atom. The smallest absolute Gasteiger partial charge is 0.0978 e. The zero-order valence-corrected chi connectivity index (χ0v) is 9.58. The van der Waals surface area contributed by atoms with Gasteiger partial charge in [-0.2, -0.15) is 0 Å². The minimum atomic E-state index is -0.648. The summed E-state index contributed by atoms with van der Waals surface area (Å²) < 4.78 is 12.6. The molecule has 0 nitrogen and oxygen atoms in total. The molecular formula is C11H25F. The lowest BCUT2D eigenvalue weighted by Gasteiger charge is -2.26. The first kappa shape index (κ1) is 14.5. The summed E-state index contributed by atoms with van der Waals surface area (Å²) >= 11 is 0. The summed E-state index contributed by atoms with van der Waals surface area (Å²) in [6, 6.07) is 0.